The molecule has 0 bridgehead atoms. The molecule has 0 aromatic heterocycles. The second-order valence-corrected chi connectivity index (χ2v) is 1.05. The highest BCUT2D eigenvalue weighted by molar-refractivity contribution is 5.73. The lowest BCUT2D eigenvalue weighted by atomic mass is 10.7. The number of ether oxygens (including phenoxy) is 1. The van der Waals surface area contributed by atoms with Crippen LogP contribution in [0, 0.1) is 0 Å². The number of nitrogens with zero attached hydrogens (tertiary/aromatic N) is 1. The Morgan fingerprint density at radius 1 is 1.86 bits per heavy atom. The average Bonchev–Trinajstić information content (AvgIpc) is 1.68. The Hall–Kier alpha value is -0.570. The number of methoxy groups -OCH3 is 1. The first-order valence-corrected chi connectivity index (χ1v) is 1.93. The van der Waals surface area contributed by atoms with E-state index in [4.69, 9.17) is 0 Å². The van der Waals surface area contributed by atoms with E-state index < -0.39 is 0 Å². The van der Waals surface area contributed by atoms with E-state index in [0.29, 0.717) is 0 Å². The highest BCUT2D eigenvalue weighted by atomic mass is 16.5. The van der Waals surface area contributed by atoms with E-state index in [2.05, 4.69) is 10.1 Å². The first kappa shape index (κ1) is 6.43. The molecule has 0 N–H and O–H groups in total. The van der Waals surface area contributed by atoms with Gasteiger partial charge in [-0.3, -0.25) is 4.79 Å². The molecule has 7 heavy (non-hydrogen) atoms. The van der Waals surface area contributed by atoms with Crippen molar-refractivity contribution >= 4 is 5.97 Å². The fourth-order valence-electron chi connectivity index (χ4n) is 0.194. The molecule has 0 rings (SSSR count). The van der Waals surface area contributed by atoms with Gasteiger partial charge in [-0.1, -0.05) is 0 Å². The molecule has 0 radical (unpaired) electrons. The van der Waals surface area contributed by atoms with E-state index in [9.17, 15) is 4.79 Å². The molecule has 3 nitrogen and oxygen atoms in total. The summed E-state index contributed by atoms with van der Waals surface area (Å²) in [5.41, 5.74) is 0. The minimum Gasteiger partial charge on any atom is -0.656 e. The summed E-state index contributed by atoms with van der Waals surface area (Å²) in [6.45, 7) is 0.163. The van der Waals surface area contributed by atoms with E-state index in [0.717, 1.165) is 0 Å². The molecule has 0 heterocycles. The van der Waals surface area contributed by atoms with Crippen LogP contribution in [0.1, 0.15) is 0 Å². The van der Waals surface area contributed by atoms with Gasteiger partial charge in [-0.15, -0.1) is 0 Å². The van der Waals surface area contributed by atoms with Gasteiger partial charge < -0.3 is 10.1 Å². The molecule has 0 unspecified atom stereocenters. The van der Waals surface area contributed by atoms with Crippen molar-refractivity contribution in [2.24, 2.45) is 0 Å². The van der Waals surface area contributed by atoms with Crippen molar-refractivity contribution in [2.45, 2.75) is 0 Å². The van der Waals surface area contributed by atoms with Crippen LogP contribution >= 0.6 is 0 Å². The zero-order valence-electron chi connectivity index (χ0n) is 4.47. The first-order chi connectivity index (χ1) is 3.31. The maximum absolute atomic E-state index is 10.1. The van der Waals surface area contributed by atoms with Gasteiger partial charge >= 0.3 is 0 Å². The van der Waals surface area contributed by atoms with Crippen molar-refractivity contribution in [1.82, 2.24) is 0 Å². The number of likely N-dealkylation sites (N-methyl/N-ethyl adjacent to an activating group) is 1. The van der Waals surface area contributed by atoms with Gasteiger partial charge in [0.25, 0.3) is 5.97 Å². The lowest BCUT2D eigenvalue weighted by molar-refractivity contribution is -0.138. The van der Waals surface area contributed by atoms with Crippen LogP contribution in [0.15, 0.2) is 0 Å². The molecule has 0 spiro atoms. The van der Waals surface area contributed by atoms with Gasteiger partial charge in [0.2, 0.25) is 0 Å². The second-order valence-electron chi connectivity index (χ2n) is 1.05. The first-order valence-electron chi connectivity index (χ1n) is 1.93. The molecule has 0 aromatic carbocycles. The van der Waals surface area contributed by atoms with Gasteiger partial charge in [-0.2, -0.15) is 7.05 Å². The molecule has 0 fully saturated rings. The van der Waals surface area contributed by atoms with Crippen LogP contribution < -0.4 is 0 Å². The van der Waals surface area contributed by atoms with Crippen LogP contribution in [-0.2, 0) is 9.53 Å². The molecule has 0 saturated carbocycles. The molecular formula is C4H8NO2-. The van der Waals surface area contributed by atoms with Crippen molar-refractivity contribution in [3.05, 3.63) is 5.32 Å². The lowest BCUT2D eigenvalue weighted by Crippen LogP contribution is -2.03. The van der Waals surface area contributed by atoms with Gasteiger partial charge in [0.1, 0.15) is 0 Å². The van der Waals surface area contributed by atoms with Crippen molar-refractivity contribution in [3.8, 4) is 0 Å². The zero-order valence-corrected chi connectivity index (χ0v) is 4.47. The maximum Gasteiger partial charge on any atom is 0.284 e. The monoisotopic (exact) mass is 102 g/mol. The molecule has 0 aliphatic carbocycles. The van der Waals surface area contributed by atoms with E-state index in [-0.39, 0.29) is 12.5 Å². The predicted molar refractivity (Wildman–Crippen MR) is 26.2 cm³/mol. The van der Waals surface area contributed by atoms with Crippen molar-refractivity contribution < 1.29 is 9.53 Å². The zero-order chi connectivity index (χ0) is 5.70. The summed E-state index contributed by atoms with van der Waals surface area (Å²) < 4.78 is 4.26. The highest BCUT2D eigenvalue weighted by Gasteiger charge is 1.83. The third-order valence-corrected chi connectivity index (χ3v) is 0.515. The summed E-state index contributed by atoms with van der Waals surface area (Å²) in [6, 6.07) is 0. The van der Waals surface area contributed by atoms with E-state index in [1.165, 1.54) is 7.11 Å². The normalized spacial score (nSPS) is 8.29. The number of esters is 1. The van der Waals surface area contributed by atoms with E-state index >= 15 is 0 Å². The number of rotatable bonds is 2. The number of hydrogen-bond acceptors (Lipinski definition) is 2. The van der Waals surface area contributed by atoms with E-state index in [1.54, 1.807) is 7.05 Å². The van der Waals surface area contributed by atoms with Gasteiger partial charge in [0, 0.05) is 0 Å². The van der Waals surface area contributed by atoms with Crippen LogP contribution in [0.25, 0.3) is 5.32 Å². The largest absolute Gasteiger partial charge is 0.656 e. The van der Waals surface area contributed by atoms with Gasteiger partial charge in [0.05, 0.1) is 7.11 Å². The highest BCUT2D eigenvalue weighted by Crippen LogP contribution is 1.78. The minimum absolute atomic E-state index is 0.163. The number of carbonyl (C=O) groups is 1. The lowest BCUT2D eigenvalue weighted by Gasteiger charge is -2.05. The summed E-state index contributed by atoms with van der Waals surface area (Å²) in [5, 5.41) is 3.53. The Bertz CT molecular complexity index is 62.7. The van der Waals surface area contributed by atoms with Gasteiger partial charge in [-0.25, -0.2) is 0 Å². The Balaban J connectivity index is 3.00. The number of carbonyl (C=O) groups excluding carboxylic acids is 1. The molecule has 0 aromatic rings. The molecule has 0 aliphatic heterocycles. The molecule has 0 amide bonds. The summed E-state index contributed by atoms with van der Waals surface area (Å²) >= 11 is 0. The van der Waals surface area contributed by atoms with Crippen LogP contribution in [0.2, 0.25) is 0 Å². The van der Waals surface area contributed by atoms with Gasteiger partial charge in [0.15, 0.2) is 0 Å². The summed E-state index contributed by atoms with van der Waals surface area (Å²) in [4.78, 5) is 10.1. The average molecular weight is 102 g/mol. The fourth-order valence-corrected chi connectivity index (χ4v) is 0.194. The molecular weight excluding hydrogens is 94.0 g/mol. The summed E-state index contributed by atoms with van der Waals surface area (Å²) in [7, 11) is 2.91. The topological polar surface area (TPSA) is 40.4 Å². The molecule has 0 saturated heterocycles. The van der Waals surface area contributed by atoms with Crippen LogP contribution in [-0.4, -0.2) is 26.7 Å². The molecule has 3 heteroatoms. The Morgan fingerprint density at radius 3 is 2.57 bits per heavy atom. The minimum atomic E-state index is -0.289. The standard InChI is InChI=1S/C4H8NO2/c1-5-3-4(6)7-2/h3H2,1-2H3/q-1. The Morgan fingerprint density at radius 2 is 2.43 bits per heavy atom. The van der Waals surface area contributed by atoms with Crippen molar-refractivity contribution in [3.63, 3.8) is 0 Å². The van der Waals surface area contributed by atoms with Crippen LogP contribution in [0.3, 0.4) is 0 Å². The maximum atomic E-state index is 10.1. The molecule has 0 aliphatic rings. The summed E-state index contributed by atoms with van der Waals surface area (Å²) in [6.07, 6.45) is 0. The molecule has 42 valence electrons. The smallest absolute Gasteiger partial charge is 0.284 e. The van der Waals surface area contributed by atoms with Crippen molar-refractivity contribution in [2.75, 3.05) is 20.7 Å². The van der Waals surface area contributed by atoms with Gasteiger partial charge in [-0.05, 0) is 6.54 Å². The third-order valence-electron chi connectivity index (χ3n) is 0.515. The van der Waals surface area contributed by atoms with Crippen LogP contribution in [0.4, 0.5) is 0 Å². The quantitative estimate of drug-likeness (QED) is 0.466. The fraction of sp³-hybridized carbons (Fsp3) is 0.750. The third kappa shape index (κ3) is 3.26. The Kier molecular flexibility index (Phi) is 3.32. The SMILES string of the molecule is C[N-]CC(=O)OC. The second kappa shape index (κ2) is 3.61. The predicted octanol–water partition coefficient (Wildman–Crippen LogP) is 0.163. The summed E-state index contributed by atoms with van der Waals surface area (Å²) in [5.74, 6) is -0.289. The molecule has 0 atom stereocenters. The van der Waals surface area contributed by atoms with E-state index in [1.807, 2.05) is 0 Å². The van der Waals surface area contributed by atoms with Crippen LogP contribution in [0.5, 0.6) is 0 Å². The Labute approximate surface area is 42.7 Å². The number of hydrogen-bond donors (Lipinski definition) is 0. The van der Waals surface area contributed by atoms with Crippen molar-refractivity contribution in [1.29, 1.82) is 0 Å².